The van der Waals surface area contributed by atoms with E-state index in [0.29, 0.717) is 6.54 Å². The van der Waals surface area contributed by atoms with E-state index in [1.54, 1.807) is 14.2 Å². The monoisotopic (exact) mass is 432 g/mol. The highest BCUT2D eigenvalue weighted by Gasteiger charge is 2.20. The van der Waals surface area contributed by atoms with Crippen LogP contribution in [-0.2, 0) is 13.0 Å². The number of nitrogens with zero attached hydrogens (tertiary/aromatic N) is 2. The van der Waals surface area contributed by atoms with E-state index in [0.717, 1.165) is 51.0 Å². The number of benzene rings is 3. The number of ether oxygens (including phenoxy) is 2. The predicted molar refractivity (Wildman–Crippen MR) is 126 cm³/mol. The van der Waals surface area contributed by atoms with Gasteiger partial charge in [-0.2, -0.15) is 5.10 Å². The largest absolute Gasteiger partial charge is 0.497 e. The Labute approximate surface area is 188 Å². The molecule has 5 heteroatoms. The first kappa shape index (κ1) is 21.0. The lowest BCUT2D eigenvalue weighted by Gasteiger charge is -2.11. The van der Waals surface area contributed by atoms with Crippen LogP contribution in [-0.4, -0.2) is 24.0 Å². The summed E-state index contributed by atoms with van der Waals surface area (Å²) in [6, 6.07) is 24.1. The lowest BCUT2D eigenvalue weighted by Crippen LogP contribution is -2.04. The Bertz CT molecular complexity index is 1150. The molecule has 0 aliphatic carbocycles. The summed E-state index contributed by atoms with van der Waals surface area (Å²) in [5.74, 6) is 1.67. The average Bonchev–Trinajstić information content (AvgIpc) is 3.18. The van der Waals surface area contributed by atoms with E-state index in [2.05, 4.69) is 35.9 Å². The molecule has 0 bridgehead atoms. The van der Waals surface area contributed by atoms with Gasteiger partial charge in [0.2, 0.25) is 0 Å². The number of hydrogen-bond acceptors (Lipinski definition) is 3. The lowest BCUT2D eigenvalue weighted by molar-refractivity contribution is 0.414. The van der Waals surface area contributed by atoms with Crippen molar-refractivity contribution in [2.24, 2.45) is 0 Å². The molecule has 4 rings (SSSR count). The van der Waals surface area contributed by atoms with Gasteiger partial charge in [0.25, 0.3) is 0 Å². The molecule has 0 fully saturated rings. The fourth-order valence-electron chi connectivity index (χ4n) is 3.76. The van der Waals surface area contributed by atoms with Gasteiger partial charge in [0, 0.05) is 21.7 Å². The smallest absolute Gasteiger partial charge is 0.118 e. The van der Waals surface area contributed by atoms with Crippen molar-refractivity contribution in [3.05, 3.63) is 88.9 Å². The van der Waals surface area contributed by atoms with Crippen LogP contribution < -0.4 is 9.47 Å². The van der Waals surface area contributed by atoms with Crippen molar-refractivity contribution in [3.8, 4) is 34.0 Å². The van der Waals surface area contributed by atoms with Crippen molar-refractivity contribution >= 4 is 11.6 Å². The van der Waals surface area contributed by atoms with Crippen LogP contribution in [0.4, 0.5) is 0 Å². The summed E-state index contributed by atoms with van der Waals surface area (Å²) < 4.78 is 12.8. The Hall–Kier alpha value is -3.24. The summed E-state index contributed by atoms with van der Waals surface area (Å²) in [5, 5.41) is 5.78. The SMILES string of the molecule is CCc1c(-c2ccc(OC)cc2)nn(Cc2ccc(Cl)cc2)c1-c1ccc(OC)cc1. The summed E-state index contributed by atoms with van der Waals surface area (Å²) in [4.78, 5) is 0. The summed E-state index contributed by atoms with van der Waals surface area (Å²) in [6.45, 7) is 2.82. The summed E-state index contributed by atoms with van der Waals surface area (Å²) in [7, 11) is 3.36. The molecule has 0 atom stereocenters. The molecule has 0 aliphatic rings. The van der Waals surface area contributed by atoms with Gasteiger partial charge in [0.1, 0.15) is 11.5 Å². The highest BCUT2D eigenvalue weighted by atomic mass is 35.5. The first-order valence-electron chi connectivity index (χ1n) is 10.3. The fourth-order valence-corrected chi connectivity index (χ4v) is 3.89. The molecule has 4 aromatic rings. The molecular weight excluding hydrogens is 408 g/mol. The van der Waals surface area contributed by atoms with E-state index in [-0.39, 0.29) is 0 Å². The van der Waals surface area contributed by atoms with Gasteiger partial charge in [0.15, 0.2) is 0 Å². The second-order valence-electron chi connectivity index (χ2n) is 7.27. The summed E-state index contributed by atoms with van der Waals surface area (Å²) >= 11 is 6.08. The third-order valence-electron chi connectivity index (χ3n) is 5.38. The number of halogens is 1. The minimum Gasteiger partial charge on any atom is -0.497 e. The van der Waals surface area contributed by atoms with Gasteiger partial charge in [-0.1, -0.05) is 30.7 Å². The van der Waals surface area contributed by atoms with Gasteiger partial charge in [-0.15, -0.1) is 0 Å². The van der Waals surface area contributed by atoms with Crippen LogP contribution in [0.25, 0.3) is 22.5 Å². The zero-order valence-electron chi connectivity index (χ0n) is 17.9. The molecule has 4 nitrogen and oxygen atoms in total. The lowest BCUT2D eigenvalue weighted by atomic mass is 9.99. The van der Waals surface area contributed by atoms with Gasteiger partial charge in [-0.05, 0) is 72.6 Å². The molecule has 0 spiro atoms. The van der Waals surface area contributed by atoms with Crippen molar-refractivity contribution in [2.75, 3.05) is 14.2 Å². The van der Waals surface area contributed by atoms with Crippen molar-refractivity contribution in [1.29, 1.82) is 0 Å². The van der Waals surface area contributed by atoms with Gasteiger partial charge in [0.05, 0.1) is 32.2 Å². The highest BCUT2D eigenvalue weighted by molar-refractivity contribution is 6.30. The van der Waals surface area contributed by atoms with Crippen LogP contribution in [0.15, 0.2) is 72.8 Å². The Balaban J connectivity index is 1.85. The molecule has 0 N–H and O–H groups in total. The first-order chi connectivity index (χ1) is 15.1. The third-order valence-corrected chi connectivity index (χ3v) is 5.63. The van der Waals surface area contributed by atoms with Crippen molar-refractivity contribution in [1.82, 2.24) is 9.78 Å². The van der Waals surface area contributed by atoms with Crippen LogP contribution in [0.5, 0.6) is 11.5 Å². The van der Waals surface area contributed by atoms with Gasteiger partial charge < -0.3 is 9.47 Å². The minimum absolute atomic E-state index is 0.654. The molecule has 0 aliphatic heterocycles. The van der Waals surface area contributed by atoms with Crippen LogP contribution >= 0.6 is 11.6 Å². The van der Waals surface area contributed by atoms with Gasteiger partial charge in [-0.25, -0.2) is 0 Å². The maximum absolute atomic E-state index is 6.08. The number of rotatable bonds is 7. The molecule has 0 amide bonds. The quantitative estimate of drug-likeness (QED) is 0.334. The average molecular weight is 433 g/mol. The predicted octanol–water partition coefficient (Wildman–Crippen LogP) is 6.50. The molecule has 0 unspecified atom stereocenters. The Morgan fingerprint density at radius 2 is 1.32 bits per heavy atom. The minimum atomic E-state index is 0.654. The maximum atomic E-state index is 6.08. The van der Waals surface area contributed by atoms with Gasteiger partial charge in [-0.3, -0.25) is 4.68 Å². The molecular formula is C26H25ClN2O2. The number of hydrogen-bond donors (Lipinski definition) is 0. The van der Waals surface area contributed by atoms with E-state index < -0.39 is 0 Å². The fraction of sp³-hybridized carbons (Fsp3) is 0.192. The molecule has 158 valence electrons. The maximum Gasteiger partial charge on any atom is 0.118 e. The zero-order valence-corrected chi connectivity index (χ0v) is 18.7. The highest BCUT2D eigenvalue weighted by Crippen LogP contribution is 2.34. The summed E-state index contributed by atoms with van der Waals surface area (Å²) in [5.41, 5.74) is 6.65. The number of aromatic nitrogens is 2. The molecule has 0 radical (unpaired) electrons. The van der Waals surface area contributed by atoms with E-state index in [4.69, 9.17) is 26.2 Å². The third kappa shape index (κ3) is 4.44. The Kier molecular flexibility index (Phi) is 6.28. The molecule has 0 saturated heterocycles. The van der Waals surface area contributed by atoms with E-state index in [9.17, 15) is 0 Å². The Morgan fingerprint density at radius 3 is 1.84 bits per heavy atom. The topological polar surface area (TPSA) is 36.3 Å². The second kappa shape index (κ2) is 9.27. The van der Waals surface area contributed by atoms with E-state index in [1.165, 1.54) is 5.56 Å². The van der Waals surface area contributed by atoms with E-state index >= 15 is 0 Å². The second-order valence-corrected chi connectivity index (χ2v) is 7.71. The molecule has 31 heavy (non-hydrogen) atoms. The van der Waals surface area contributed by atoms with Crippen LogP contribution in [0.3, 0.4) is 0 Å². The first-order valence-corrected chi connectivity index (χ1v) is 10.6. The normalized spacial score (nSPS) is 10.8. The van der Waals surface area contributed by atoms with Crippen molar-refractivity contribution in [3.63, 3.8) is 0 Å². The summed E-state index contributed by atoms with van der Waals surface area (Å²) in [6.07, 6.45) is 0.864. The van der Waals surface area contributed by atoms with Crippen molar-refractivity contribution in [2.45, 2.75) is 19.9 Å². The Morgan fingerprint density at radius 1 is 0.774 bits per heavy atom. The van der Waals surface area contributed by atoms with Gasteiger partial charge >= 0.3 is 0 Å². The molecule has 1 heterocycles. The number of methoxy groups -OCH3 is 2. The molecule has 0 saturated carbocycles. The van der Waals surface area contributed by atoms with Crippen molar-refractivity contribution < 1.29 is 9.47 Å². The van der Waals surface area contributed by atoms with Crippen LogP contribution in [0.1, 0.15) is 18.1 Å². The molecule has 1 aromatic heterocycles. The standard InChI is InChI=1S/C26H25ClN2O2/c1-4-24-25(19-7-13-22(30-2)14-8-19)28-29(17-18-5-11-21(27)12-6-18)26(24)20-9-15-23(31-3)16-10-20/h5-16H,4,17H2,1-3H3. The molecule has 3 aromatic carbocycles. The van der Waals surface area contributed by atoms with Crippen LogP contribution in [0, 0.1) is 0 Å². The van der Waals surface area contributed by atoms with E-state index in [1.807, 2.05) is 48.5 Å². The zero-order chi connectivity index (χ0) is 21.8. The van der Waals surface area contributed by atoms with Crippen LogP contribution in [0.2, 0.25) is 5.02 Å².